The largest absolute Gasteiger partial charge is 0.489 e. The van der Waals surface area contributed by atoms with Gasteiger partial charge in [-0.2, -0.15) is 0 Å². The van der Waals surface area contributed by atoms with Crippen molar-refractivity contribution in [3.05, 3.63) is 90.0 Å². The molecule has 0 aliphatic heterocycles. The van der Waals surface area contributed by atoms with Gasteiger partial charge in [0, 0.05) is 0 Å². The summed E-state index contributed by atoms with van der Waals surface area (Å²) in [5.41, 5.74) is 4.96. The lowest BCUT2D eigenvalue weighted by atomic mass is 10.0. The Labute approximate surface area is 132 Å². The third kappa shape index (κ3) is 3.56. The molecule has 0 saturated heterocycles. The summed E-state index contributed by atoms with van der Waals surface area (Å²) in [4.78, 5) is 0. The van der Waals surface area contributed by atoms with E-state index in [-0.39, 0.29) is 0 Å². The van der Waals surface area contributed by atoms with Crippen molar-refractivity contribution in [1.82, 2.24) is 0 Å². The topological polar surface area (TPSA) is 9.23 Å². The standard InChI is InChI=1S/C21H20O/c1-2-17-7-6-10-21(15-17)22-16-18-11-13-20(14-12-18)19-8-4-3-5-9-19/h3-15H,2,16H2,1H3. The van der Waals surface area contributed by atoms with Crippen LogP contribution in [0, 0.1) is 0 Å². The van der Waals surface area contributed by atoms with Gasteiger partial charge in [-0.25, -0.2) is 0 Å². The molecule has 22 heavy (non-hydrogen) atoms. The van der Waals surface area contributed by atoms with Crippen LogP contribution in [0.3, 0.4) is 0 Å². The molecule has 0 bridgehead atoms. The van der Waals surface area contributed by atoms with E-state index in [2.05, 4.69) is 67.6 Å². The summed E-state index contributed by atoms with van der Waals surface area (Å²) < 4.78 is 5.88. The third-order valence-electron chi connectivity index (χ3n) is 3.77. The molecule has 0 amide bonds. The molecule has 3 rings (SSSR count). The Kier molecular flexibility index (Phi) is 4.55. The minimum Gasteiger partial charge on any atom is -0.489 e. The third-order valence-corrected chi connectivity index (χ3v) is 3.77. The molecule has 0 spiro atoms. The number of aryl methyl sites for hydroxylation is 1. The van der Waals surface area contributed by atoms with Crippen LogP contribution in [0.15, 0.2) is 78.9 Å². The Balaban J connectivity index is 1.66. The molecular weight excluding hydrogens is 268 g/mol. The summed E-state index contributed by atoms with van der Waals surface area (Å²) in [5, 5.41) is 0. The molecule has 0 unspecified atom stereocenters. The first-order valence-corrected chi connectivity index (χ1v) is 7.71. The van der Waals surface area contributed by atoms with Crippen LogP contribution in [0.2, 0.25) is 0 Å². The van der Waals surface area contributed by atoms with Gasteiger partial charge in [0.1, 0.15) is 12.4 Å². The minimum absolute atomic E-state index is 0.599. The van der Waals surface area contributed by atoms with Crippen molar-refractivity contribution in [2.24, 2.45) is 0 Å². The smallest absolute Gasteiger partial charge is 0.120 e. The Morgan fingerprint density at radius 3 is 2.14 bits per heavy atom. The van der Waals surface area contributed by atoms with Crippen LogP contribution in [-0.2, 0) is 13.0 Å². The molecule has 1 nitrogen and oxygen atoms in total. The summed E-state index contributed by atoms with van der Waals surface area (Å²) in [7, 11) is 0. The second kappa shape index (κ2) is 6.95. The number of ether oxygens (including phenoxy) is 1. The molecule has 0 saturated carbocycles. The highest BCUT2D eigenvalue weighted by Gasteiger charge is 2.00. The first-order valence-electron chi connectivity index (χ1n) is 7.71. The molecule has 3 aromatic rings. The number of benzene rings is 3. The van der Waals surface area contributed by atoms with Gasteiger partial charge < -0.3 is 4.74 Å². The lowest BCUT2D eigenvalue weighted by molar-refractivity contribution is 0.306. The number of hydrogen-bond donors (Lipinski definition) is 0. The van der Waals surface area contributed by atoms with Crippen molar-refractivity contribution in [3.63, 3.8) is 0 Å². The second-order valence-corrected chi connectivity index (χ2v) is 5.35. The summed E-state index contributed by atoms with van der Waals surface area (Å²) in [6.45, 7) is 2.75. The summed E-state index contributed by atoms with van der Waals surface area (Å²) in [6.07, 6.45) is 1.03. The molecule has 3 aromatic carbocycles. The van der Waals surface area contributed by atoms with Gasteiger partial charge in [0.05, 0.1) is 0 Å². The lowest BCUT2D eigenvalue weighted by Gasteiger charge is -2.08. The lowest BCUT2D eigenvalue weighted by Crippen LogP contribution is -1.95. The monoisotopic (exact) mass is 288 g/mol. The van der Waals surface area contributed by atoms with Crippen LogP contribution in [0.1, 0.15) is 18.1 Å². The average Bonchev–Trinajstić information content (AvgIpc) is 2.61. The Bertz CT molecular complexity index is 714. The first-order chi connectivity index (χ1) is 10.8. The van der Waals surface area contributed by atoms with Crippen LogP contribution in [0.5, 0.6) is 5.75 Å². The van der Waals surface area contributed by atoms with Gasteiger partial charge in [0.25, 0.3) is 0 Å². The van der Waals surface area contributed by atoms with Crippen molar-refractivity contribution in [1.29, 1.82) is 0 Å². The predicted octanol–water partition coefficient (Wildman–Crippen LogP) is 5.50. The van der Waals surface area contributed by atoms with E-state index in [4.69, 9.17) is 4.74 Å². The zero-order valence-electron chi connectivity index (χ0n) is 12.8. The molecule has 0 atom stereocenters. The van der Waals surface area contributed by atoms with Crippen molar-refractivity contribution in [3.8, 4) is 16.9 Å². The van der Waals surface area contributed by atoms with Gasteiger partial charge in [-0.3, -0.25) is 0 Å². The van der Waals surface area contributed by atoms with Crippen molar-refractivity contribution in [2.75, 3.05) is 0 Å². The van der Waals surface area contributed by atoms with Gasteiger partial charge in [-0.05, 0) is 40.8 Å². The van der Waals surface area contributed by atoms with Crippen LogP contribution in [0.4, 0.5) is 0 Å². The van der Waals surface area contributed by atoms with E-state index in [1.807, 2.05) is 18.2 Å². The van der Waals surface area contributed by atoms with E-state index in [0.717, 1.165) is 12.2 Å². The van der Waals surface area contributed by atoms with E-state index in [9.17, 15) is 0 Å². The highest BCUT2D eigenvalue weighted by molar-refractivity contribution is 5.63. The zero-order valence-corrected chi connectivity index (χ0v) is 12.8. The SMILES string of the molecule is CCc1cccc(OCc2ccc(-c3ccccc3)cc2)c1. The van der Waals surface area contributed by atoms with Gasteiger partial charge >= 0.3 is 0 Å². The van der Waals surface area contributed by atoms with E-state index >= 15 is 0 Å². The molecule has 110 valence electrons. The zero-order chi connectivity index (χ0) is 15.2. The quantitative estimate of drug-likeness (QED) is 0.602. The molecule has 0 aliphatic carbocycles. The Morgan fingerprint density at radius 2 is 1.41 bits per heavy atom. The maximum Gasteiger partial charge on any atom is 0.120 e. The molecule has 0 fully saturated rings. The van der Waals surface area contributed by atoms with Crippen LogP contribution >= 0.6 is 0 Å². The van der Waals surface area contributed by atoms with Gasteiger partial charge in [-0.15, -0.1) is 0 Å². The highest BCUT2D eigenvalue weighted by Crippen LogP contribution is 2.20. The van der Waals surface area contributed by atoms with E-state index in [0.29, 0.717) is 6.61 Å². The van der Waals surface area contributed by atoms with Crippen molar-refractivity contribution >= 4 is 0 Å². The molecule has 0 radical (unpaired) electrons. The molecule has 0 N–H and O–H groups in total. The van der Waals surface area contributed by atoms with Gasteiger partial charge in [0.15, 0.2) is 0 Å². The minimum atomic E-state index is 0.599. The van der Waals surface area contributed by atoms with Gasteiger partial charge in [0.2, 0.25) is 0 Å². The van der Waals surface area contributed by atoms with Crippen molar-refractivity contribution < 1.29 is 4.74 Å². The highest BCUT2D eigenvalue weighted by atomic mass is 16.5. The summed E-state index contributed by atoms with van der Waals surface area (Å²) in [6, 6.07) is 27.3. The van der Waals surface area contributed by atoms with Crippen LogP contribution in [0.25, 0.3) is 11.1 Å². The van der Waals surface area contributed by atoms with E-state index < -0.39 is 0 Å². The van der Waals surface area contributed by atoms with Crippen LogP contribution < -0.4 is 4.74 Å². The fraction of sp³-hybridized carbons (Fsp3) is 0.143. The fourth-order valence-electron chi connectivity index (χ4n) is 2.45. The van der Waals surface area contributed by atoms with Crippen LogP contribution in [-0.4, -0.2) is 0 Å². The molecular formula is C21H20O. The molecule has 0 aliphatic rings. The average molecular weight is 288 g/mol. The Morgan fingerprint density at radius 1 is 0.682 bits per heavy atom. The van der Waals surface area contributed by atoms with Crippen molar-refractivity contribution in [2.45, 2.75) is 20.0 Å². The normalized spacial score (nSPS) is 10.4. The molecule has 1 heteroatoms. The fourth-order valence-corrected chi connectivity index (χ4v) is 2.45. The molecule has 0 aromatic heterocycles. The number of hydrogen-bond acceptors (Lipinski definition) is 1. The summed E-state index contributed by atoms with van der Waals surface area (Å²) >= 11 is 0. The Hall–Kier alpha value is -2.54. The maximum atomic E-state index is 5.88. The predicted molar refractivity (Wildman–Crippen MR) is 92.0 cm³/mol. The summed E-state index contributed by atoms with van der Waals surface area (Å²) in [5.74, 6) is 0.937. The number of rotatable bonds is 5. The first kappa shape index (κ1) is 14.4. The van der Waals surface area contributed by atoms with E-state index in [1.54, 1.807) is 0 Å². The maximum absolute atomic E-state index is 5.88. The van der Waals surface area contributed by atoms with E-state index in [1.165, 1.54) is 22.3 Å². The van der Waals surface area contributed by atoms with Gasteiger partial charge in [-0.1, -0.05) is 73.7 Å². The second-order valence-electron chi connectivity index (χ2n) is 5.35. The molecule has 0 heterocycles.